The highest BCUT2D eigenvalue weighted by atomic mass is 16.2. The predicted molar refractivity (Wildman–Crippen MR) is 65.5 cm³/mol. The molecule has 1 aromatic heterocycles. The molecule has 0 spiro atoms. The van der Waals surface area contributed by atoms with Crippen LogP contribution in [0.4, 0.5) is 0 Å². The van der Waals surface area contributed by atoms with Crippen LogP contribution in [0.25, 0.3) is 0 Å². The van der Waals surface area contributed by atoms with Gasteiger partial charge >= 0.3 is 0 Å². The molecule has 1 heterocycles. The van der Waals surface area contributed by atoms with Crippen molar-refractivity contribution in [2.45, 2.75) is 33.2 Å². The van der Waals surface area contributed by atoms with Crippen LogP contribution < -0.4 is 10.6 Å². The molecule has 0 aliphatic rings. The first kappa shape index (κ1) is 14.1. The third kappa shape index (κ3) is 4.52. The number of hydrogen-bond acceptors (Lipinski definition) is 4. The zero-order chi connectivity index (χ0) is 13.5. The van der Waals surface area contributed by atoms with Crippen molar-refractivity contribution in [2.24, 2.45) is 5.92 Å². The predicted octanol–water partition coefficient (Wildman–Crippen LogP) is -0.376. The van der Waals surface area contributed by atoms with Crippen LogP contribution in [0.2, 0.25) is 0 Å². The molecule has 100 valence electrons. The second kappa shape index (κ2) is 6.73. The molecule has 1 atom stereocenters. The molecule has 0 radical (unpaired) electrons. The van der Waals surface area contributed by atoms with Crippen molar-refractivity contribution in [3.63, 3.8) is 0 Å². The monoisotopic (exact) mass is 253 g/mol. The van der Waals surface area contributed by atoms with Crippen LogP contribution in [0.1, 0.15) is 26.6 Å². The number of amides is 2. The smallest absolute Gasteiger partial charge is 0.242 e. The molecule has 1 rings (SSSR count). The summed E-state index contributed by atoms with van der Waals surface area (Å²) >= 11 is 0. The fourth-order valence-electron chi connectivity index (χ4n) is 1.52. The first-order chi connectivity index (χ1) is 8.50. The van der Waals surface area contributed by atoms with E-state index in [2.05, 4.69) is 25.8 Å². The normalized spacial score (nSPS) is 12.2. The third-order valence-corrected chi connectivity index (χ3v) is 2.43. The van der Waals surface area contributed by atoms with E-state index in [1.165, 1.54) is 13.3 Å². The molecule has 0 aliphatic heterocycles. The van der Waals surface area contributed by atoms with Gasteiger partial charge in [-0.1, -0.05) is 13.8 Å². The molecule has 3 N–H and O–H groups in total. The molecule has 0 saturated carbocycles. The van der Waals surface area contributed by atoms with Crippen LogP contribution in [0.15, 0.2) is 6.33 Å². The van der Waals surface area contributed by atoms with Crippen molar-refractivity contribution < 1.29 is 9.59 Å². The molecule has 1 unspecified atom stereocenters. The second-order valence-corrected chi connectivity index (χ2v) is 4.40. The summed E-state index contributed by atoms with van der Waals surface area (Å²) in [6.07, 6.45) is 2.00. The Hall–Kier alpha value is -1.92. The third-order valence-electron chi connectivity index (χ3n) is 2.43. The van der Waals surface area contributed by atoms with Gasteiger partial charge in [0.1, 0.15) is 18.2 Å². The van der Waals surface area contributed by atoms with Crippen LogP contribution in [-0.2, 0) is 16.0 Å². The van der Waals surface area contributed by atoms with E-state index in [9.17, 15) is 9.59 Å². The molecular formula is C11H19N5O2. The molecule has 0 aromatic carbocycles. The van der Waals surface area contributed by atoms with E-state index in [0.29, 0.717) is 13.0 Å². The Balaban J connectivity index is 2.39. The van der Waals surface area contributed by atoms with E-state index in [1.54, 1.807) is 0 Å². The summed E-state index contributed by atoms with van der Waals surface area (Å²) in [6.45, 7) is 5.63. The summed E-state index contributed by atoms with van der Waals surface area (Å²) in [6, 6.07) is -0.503. The summed E-state index contributed by atoms with van der Waals surface area (Å²) in [5, 5.41) is 11.8. The number of nitrogens with zero attached hydrogens (tertiary/aromatic N) is 2. The largest absolute Gasteiger partial charge is 0.354 e. The Kier molecular flexibility index (Phi) is 5.29. The van der Waals surface area contributed by atoms with Crippen LogP contribution in [-0.4, -0.2) is 39.6 Å². The Morgan fingerprint density at radius 2 is 2.17 bits per heavy atom. The molecule has 0 aliphatic carbocycles. The van der Waals surface area contributed by atoms with Crippen molar-refractivity contribution in [1.82, 2.24) is 25.8 Å². The van der Waals surface area contributed by atoms with Crippen molar-refractivity contribution in [2.75, 3.05) is 6.54 Å². The van der Waals surface area contributed by atoms with Gasteiger partial charge in [-0.15, -0.1) is 0 Å². The molecule has 1 aromatic rings. The molecule has 0 saturated heterocycles. The Morgan fingerprint density at radius 3 is 2.67 bits per heavy atom. The lowest BCUT2D eigenvalue weighted by molar-refractivity contribution is -0.129. The minimum atomic E-state index is -0.503. The van der Waals surface area contributed by atoms with Crippen molar-refractivity contribution in [1.29, 1.82) is 0 Å². The van der Waals surface area contributed by atoms with Crippen LogP contribution in [0, 0.1) is 5.92 Å². The zero-order valence-electron chi connectivity index (χ0n) is 10.9. The Labute approximate surface area is 106 Å². The highest BCUT2D eigenvalue weighted by molar-refractivity contribution is 5.86. The van der Waals surface area contributed by atoms with E-state index in [1.807, 2.05) is 13.8 Å². The molecule has 7 nitrogen and oxygen atoms in total. The molecule has 2 amide bonds. The summed E-state index contributed by atoms with van der Waals surface area (Å²) in [5.74, 6) is 0.369. The molecule has 7 heteroatoms. The Bertz CT molecular complexity index is 388. The first-order valence-corrected chi connectivity index (χ1v) is 5.89. The van der Waals surface area contributed by atoms with Gasteiger partial charge in [-0.25, -0.2) is 4.98 Å². The molecule has 0 bridgehead atoms. The van der Waals surface area contributed by atoms with Crippen LogP contribution >= 0.6 is 0 Å². The minimum absolute atomic E-state index is 0.0409. The maximum absolute atomic E-state index is 11.9. The summed E-state index contributed by atoms with van der Waals surface area (Å²) in [4.78, 5) is 26.8. The number of carbonyl (C=O) groups is 2. The molecule has 18 heavy (non-hydrogen) atoms. The van der Waals surface area contributed by atoms with Gasteiger partial charge in [0.25, 0.3) is 0 Å². The van der Waals surface area contributed by atoms with E-state index in [0.717, 1.165) is 5.82 Å². The molecule has 0 fully saturated rings. The number of aromatic amines is 1. The fourth-order valence-corrected chi connectivity index (χ4v) is 1.52. The average Bonchev–Trinajstić information content (AvgIpc) is 2.78. The van der Waals surface area contributed by atoms with E-state index in [-0.39, 0.29) is 17.7 Å². The summed E-state index contributed by atoms with van der Waals surface area (Å²) in [7, 11) is 0. The number of aromatic nitrogens is 3. The highest BCUT2D eigenvalue weighted by Crippen LogP contribution is 2.01. The van der Waals surface area contributed by atoms with Gasteiger partial charge in [-0.05, 0) is 5.92 Å². The Morgan fingerprint density at radius 1 is 1.44 bits per heavy atom. The van der Waals surface area contributed by atoms with Crippen molar-refractivity contribution in [3.05, 3.63) is 12.2 Å². The summed E-state index contributed by atoms with van der Waals surface area (Å²) in [5.41, 5.74) is 0. The highest BCUT2D eigenvalue weighted by Gasteiger charge is 2.22. The standard InChI is InChI=1S/C11H19N5O2/c1-7(2)10(15-8(3)17)11(18)12-5-4-9-13-6-14-16-9/h6-7,10H,4-5H2,1-3H3,(H,12,18)(H,15,17)(H,13,14,16). The number of rotatable bonds is 6. The van der Waals surface area contributed by atoms with Gasteiger partial charge in [0.15, 0.2) is 0 Å². The van der Waals surface area contributed by atoms with Gasteiger partial charge < -0.3 is 10.6 Å². The molecular weight excluding hydrogens is 234 g/mol. The maximum Gasteiger partial charge on any atom is 0.242 e. The topological polar surface area (TPSA) is 99.8 Å². The lowest BCUT2D eigenvalue weighted by atomic mass is 10.0. The van der Waals surface area contributed by atoms with E-state index < -0.39 is 6.04 Å². The second-order valence-electron chi connectivity index (χ2n) is 4.40. The van der Waals surface area contributed by atoms with Gasteiger partial charge in [-0.3, -0.25) is 14.7 Å². The van der Waals surface area contributed by atoms with Crippen LogP contribution in [0.5, 0.6) is 0 Å². The van der Waals surface area contributed by atoms with Crippen LogP contribution in [0.3, 0.4) is 0 Å². The SMILES string of the molecule is CC(=O)NC(C(=O)NCCc1ncn[nH]1)C(C)C. The van der Waals surface area contributed by atoms with Gasteiger partial charge in [0, 0.05) is 19.9 Å². The number of nitrogens with one attached hydrogen (secondary N) is 3. The van der Waals surface area contributed by atoms with Gasteiger partial charge in [0.2, 0.25) is 11.8 Å². The van der Waals surface area contributed by atoms with Gasteiger partial charge in [0.05, 0.1) is 0 Å². The first-order valence-electron chi connectivity index (χ1n) is 5.89. The summed E-state index contributed by atoms with van der Waals surface area (Å²) < 4.78 is 0. The number of hydrogen-bond donors (Lipinski definition) is 3. The average molecular weight is 253 g/mol. The van der Waals surface area contributed by atoms with Crippen molar-refractivity contribution >= 4 is 11.8 Å². The minimum Gasteiger partial charge on any atom is -0.354 e. The van der Waals surface area contributed by atoms with Gasteiger partial charge in [-0.2, -0.15) is 5.10 Å². The zero-order valence-corrected chi connectivity index (χ0v) is 10.9. The van der Waals surface area contributed by atoms with E-state index >= 15 is 0 Å². The maximum atomic E-state index is 11.9. The lowest BCUT2D eigenvalue weighted by Crippen LogP contribution is -2.49. The fraction of sp³-hybridized carbons (Fsp3) is 0.636. The lowest BCUT2D eigenvalue weighted by Gasteiger charge is -2.20. The number of carbonyl (C=O) groups excluding carboxylic acids is 2. The quantitative estimate of drug-likeness (QED) is 0.643. The van der Waals surface area contributed by atoms with Crippen molar-refractivity contribution in [3.8, 4) is 0 Å². The van der Waals surface area contributed by atoms with E-state index in [4.69, 9.17) is 0 Å². The number of H-pyrrole nitrogens is 1.